The highest BCUT2D eigenvalue weighted by Crippen LogP contribution is 2.27. The molecule has 1 aliphatic heterocycles. The summed E-state index contributed by atoms with van der Waals surface area (Å²) in [6, 6.07) is 9.62. The summed E-state index contributed by atoms with van der Waals surface area (Å²) in [5.41, 5.74) is 1.85. The molecule has 1 N–H and O–H groups in total. The second-order valence-corrected chi connectivity index (χ2v) is 6.56. The van der Waals surface area contributed by atoms with Crippen molar-refractivity contribution in [2.75, 3.05) is 58.4 Å². The largest absolute Gasteiger partial charge is 0.383 e. The van der Waals surface area contributed by atoms with Crippen LogP contribution in [0.25, 0.3) is 11.0 Å². The first-order chi connectivity index (χ1) is 13.1. The molecule has 0 aliphatic carbocycles. The Balaban J connectivity index is 1.99. The molecule has 1 aliphatic rings. The van der Waals surface area contributed by atoms with Crippen molar-refractivity contribution in [1.29, 1.82) is 5.26 Å². The Hall–Kier alpha value is -2.76. The minimum absolute atomic E-state index is 0.346. The molecule has 0 bridgehead atoms. The number of carbonyl (C=O) groups is 1. The molecule has 1 aromatic heterocycles. The Labute approximate surface area is 158 Å². The summed E-state index contributed by atoms with van der Waals surface area (Å²) in [6.07, 6.45) is 0. The monoisotopic (exact) mass is 368 g/mol. The number of carbonyl (C=O) groups excluding carboxylic acids is 1. The van der Waals surface area contributed by atoms with E-state index in [1.54, 1.807) is 7.11 Å². The number of fused-ring (bicyclic) bond motifs is 1. The molecule has 27 heavy (non-hydrogen) atoms. The minimum Gasteiger partial charge on any atom is -0.383 e. The van der Waals surface area contributed by atoms with Gasteiger partial charge in [0, 0.05) is 39.8 Å². The standard InChI is InChI=1S/C19H24N6O2/c1-24-8-10-25(11-9-24)18-17(14(13-20)19(26)21-7-12-27-2)22-15-5-3-4-6-16(15)23-18/h3-6,14H,7-12H2,1-2H3,(H,21,26)/t14-/m0/s1. The van der Waals surface area contributed by atoms with Gasteiger partial charge in [0.15, 0.2) is 11.7 Å². The van der Waals surface area contributed by atoms with E-state index < -0.39 is 5.92 Å². The van der Waals surface area contributed by atoms with Crippen molar-refractivity contribution in [1.82, 2.24) is 20.2 Å². The second-order valence-electron chi connectivity index (χ2n) is 6.56. The molecule has 1 atom stereocenters. The van der Waals surface area contributed by atoms with Crippen LogP contribution in [0.5, 0.6) is 0 Å². The lowest BCUT2D eigenvalue weighted by Crippen LogP contribution is -2.45. The van der Waals surface area contributed by atoms with Gasteiger partial charge in [0.2, 0.25) is 5.91 Å². The Morgan fingerprint density at radius 3 is 2.56 bits per heavy atom. The Morgan fingerprint density at radius 1 is 1.26 bits per heavy atom. The highest BCUT2D eigenvalue weighted by molar-refractivity contribution is 5.88. The Morgan fingerprint density at radius 2 is 1.93 bits per heavy atom. The molecule has 1 fully saturated rings. The molecule has 2 aromatic rings. The van der Waals surface area contributed by atoms with Gasteiger partial charge in [-0.2, -0.15) is 5.26 Å². The molecular weight excluding hydrogens is 344 g/mol. The predicted molar refractivity (Wildman–Crippen MR) is 102 cm³/mol. The number of hydrogen-bond acceptors (Lipinski definition) is 7. The third-order valence-electron chi connectivity index (χ3n) is 4.65. The maximum Gasteiger partial charge on any atom is 0.243 e. The van der Waals surface area contributed by atoms with Gasteiger partial charge in [0.05, 0.1) is 23.7 Å². The van der Waals surface area contributed by atoms with Crippen LogP contribution in [0.4, 0.5) is 5.82 Å². The van der Waals surface area contributed by atoms with E-state index in [4.69, 9.17) is 9.72 Å². The quantitative estimate of drug-likeness (QED) is 0.752. The molecule has 8 heteroatoms. The van der Waals surface area contributed by atoms with E-state index in [0.29, 0.717) is 30.2 Å². The third-order valence-corrected chi connectivity index (χ3v) is 4.65. The van der Waals surface area contributed by atoms with Gasteiger partial charge in [-0.15, -0.1) is 0 Å². The summed E-state index contributed by atoms with van der Waals surface area (Å²) in [5.74, 6) is -0.779. The van der Waals surface area contributed by atoms with E-state index in [9.17, 15) is 10.1 Å². The highest BCUT2D eigenvalue weighted by atomic mass is 16.5. The molecule has 1 aromatic carbocycles. The zero-order valence-corrected chi connectivity index (χ0v) is 15.7. The van der Waals surface area contributed by atoms with Gasteiger partial charge in [-0.3, -0.25) is 4.79 Å². The normalized spacial score (nSPS) is 16.1. The number of hydrogen-bond donors (Lipinski definition) is 1. The number of anilines is 1. The van der Waals surface area contributed by atoms with Crippen molar-refractivity contribution in [3.63, 3.8) is 0 Å². The van der Waals surface area contributed by atoms with E-state index in [1.807, 2.05) is 24.3 Å². The minimum atomic E-state index is -1.02. The second kappa shape index (κ2) is 8.75. The van der Waals surface area contributed by atoms with Crippen LogP contribution in [0, 0.1) is 11.3 Å². The average molecular weight is 368 g/mol. The topological polar surface area (TPSA) is 94.4 Å². The average Bonchev–Trinajstić information content (AvgIpc) is 2.69. The van der Waals surface area contributed by atoms with Gasteiger partial charge >= 0.3 is 0 Å². The van der Waals surface area contributed by atoms with Crippen LogP contribution in [-0.2, 0) is 9.53 Å². The zero-order valence-electron chi connectivity index (χ0n) is 15.7. The van der Waals surface area contributed by atoms with Crippen molar-refractivity contribution in [2.24, 2.45) is 0 Å². The summed E-state index contributed by atoms with van der Waals surface area (Å²) >= 11 is 0. The number of nitriles is 1. The van der Waals surface area contributed by atoms with Crippen LogP contribution in [-0.4, -0.2) is 74.3 Å². The first-order valence-corrected chi connectivity index (χ1v) is 9.00. The van der Waals surface area contributed by atoms with Gasteiger partial charge in [-0.05, 0) is 19.2 Å². The molecule has 0 unspecified atom stereocenters. The van der Waals surface area contributed by atoms with Crippen molar-refractivity contribution in [3.05, 3.63) is 30.0 Å². The third kappa shape index (κ3) is 4.32. The predicted octanol–water partition coefficient (Wildman–Crippen LogP) is 0.751. The van der Waals surface area contributed by atoms with E-state index in [1.165, 1.54) is 0 Å². The molecule has 0 radical (unpaired) electrons. The number of piperazine rings is 1. The summed E-state index contributed by atoms with van der Waals surface area (Å²) < 4.78 is 4.96. The molecule has 142 valence electrons. The molecule has 8 nitrogen and oxygen atoms in total. The smallest absolute Gasteiger partial charge is 0.243 e. The van der Waals surface area contributed by atoms with Crippen molar-refractivity contribution in [2.45, 2.75) is 5.92 Å². The summed E-state index contributed by atoms with van der Waals surface area (Å²) in [6.45, 7) is 4.08. The maximum atomic E-state index is 12.6. The summed E-state index contributed by atoms with van der Waals surface area (Å²) in [7, 11) is 3.64. The van der Waals surface area contributed by atoms with Crippen molar-refractivity contribution in [3.8, 4) is 6.07 Å². The fourth-order valence-corrected chi connectivity index (χ4v) is 3.07. The van der Waals surface area contributed by atoms with Crippen molar-refractivity contribution < 1.29 is 9.53 Å². The fraction of sp³-hybridized carbons (Fsp3) is 0.474. The van der Waals surface area contributed by atoms with Gasteiger partial charge in [-0.1, -0.05) is 12.1 Å². The van der Waals surface area contributed by atoms with Crippen molar-refractivity contribution >= 4 is 22.8 Å². The summed E-state index contributed by atoms with van der Waals surface area (Å²) in [4.78, 5) is 26.4. The van der Waals surface area contributed by atoms with Crippen LogP contribution in [0.3, 0.4) is 0 Å². The molecule has 0 spiro atoms. The van der Waals surface area contributed by atoms with Gasteiger partial charge in [0.25, 0.3) is 0 Å². The number of amides is 1. The number of methoxy groups -OCH3 is 1. The molecular formula is C19H24N6O2. The molecule has 0 saturated carbocycles. The lowest BCUT2D eigenvalue weighted by atomic mass is 10.0. The first kappa shape index (κ1) is 19.0. The van der Waals surface area contributed by atoms with Gasteiger partial charge in [0.1, 0.15) is 5.69 Å². The van der Waals surface area contributed by atoms with Crippen LogP contribution < -0.4 is 10.2 Å². The van der Waals surface area contributed by atoms with Crippen LogP contribution >= 0.6 is 0 Å². The SMILES string of the molecule is COCCNC(=O)[C@@H](C#N)c1nc2ccccc2nc1N1CCN(C)CC1. The van der Waals surface area contributed by atoms with Crippen LogP contribution in [0.1, 0.15) is 11.6 Å². The maximum absolute atomic E-state index is 12.6. The first-order valence-electron chi connectivity index (χ1n) is 9.00. The number of benzene rings is 1. The number of para-hydroxylation sites is 2. The zero-order chi connectivity index (χ0) is 19.2. The Kier molecular flexibility index (Phi) is 6.16. The number of likely N-dealkylation sites (N-methyl/N-ethyl adjacent to an activating group) is 1. The summed E-state index contributed by atoms with van der Waals surface area (Å²) in [5, 5.41) is 12.4. The number of ether oxygens (including phenoxy) is 1. The van der Waals surface area contributed by atoms with Crippen LogP contribution in [0.2, 0.25) is 0 Å². The Bertz CT molecular complexity index is 842. The van der Waals surface area contributed by atoms with E-state index in [0.717, 1.165) is 31.7 Å². The van der Waals surface area contributed by atoms with E-state index in [-0.39, 0.29) is 5.91 Å². The van der Waals surface area contributed by atoms with Crippen LogP contribution in [0.15, 0.2) is 24.3 Å². The number of aromatic nitrogens is 2. The molecule has 3 rings (SSSR count). The van der Waals surface area contributed by atoms with E-state index in [2.05, 4.69) is 33.2 Å². The number of nitrogens with zero attached hydrogens (tertiary/aromatic N) is 5. The van der Waals surface area contributed by atoms with E-state index >= 15 is 0 Å². The lowest BCUT2D eigenvalue weighted by Gasteiger charge is -2.34. The fourth-order valence-electron chi connectivity index (χ4n) is 3.07. The lowest BCUT2D eigenvalue weighted by molar-refractivity contribution is -0.121. The molecule has 1 saturated heterocycles. The molecule has 1 amide bonds. The van der Waals surface area contributed by atoms with Gasteiger partial charge < -0.3 is 19.9 Å². The van der Waals surface area contributed by atoms with Gasteiger partial charge in [-0.25, -0.2) is 9.97 Å². The highest BCUT2D eigenvalue weighted by Gasteiger charge is 2.29. The molecule has 2 heterocycles. The number of nitrogens with one attached hydrogen (secondary N) is 1. The number of rotatable bonds is 6.